The molecule has 1 aromatic rings. The SMILES string of the molecule is N#Cc1ccc(S(=O)(=O)NCC2(N)CCCCC2)s1. The number of thiophene rings is 1. The normalized spacial score (nSPS) is 18.9. The molecule has 2 rings (SSSR count). The lowest BCUT2D eigenvalue weighted by molar-refractivity contribution is 0.296. The minimum absolute atomic E-state index is 0.170. The Morgan fingerprint density at radius 2 is 2.05 bits per heavy atom. The van der Waals surface area contributed by atoms with E-state index < -0.39 is 15.6 Å². The number of rotatable bonds is 4. The summed E-state index contributed by atoms with van der Waals surface area (Å²) in [5.41, 5.74) is 5.77. The molecule has 0 saturated heterocycles. The van der Waals surface area contributed by atoms with E-state index in [2.05, 4.69) is 4.72 Å². The maximum absolute atomic E-state index is 12.1. The molecule has 1 aliphatic rings. The van der Waals surface area contributed by atoms with Gasteiger partial charge in [0.1, 0.15) is 15.2 Å². The third-order valence-electron chi connectivity index (χ3n) is 3.42. The second-order valence-corrected chi connectivity index (χ2v) is 8.06. The summed E-state index contributed by atoms with van der Waals surface area (Å²) in [7, 11) is -3.55. The first kappa shape index (κ1) is 14.5. The average Bonchev–Trinajstić information content (AvgIpc) is 2.87. The summed E-state index contributed by atoms with van der Waals surface area (Å²) in [4.78, 5) is 0.389. The van der Waals surface area contributed by atoms with Crippen LogP contribution >= 0.6 is 11.3 Å². The zero-order chi connectivity index (χ0) is 13.9. The van der Waals surface area contributed by atoms with Crippen LogP contribution in [-0.4, -0.2) is 20.5 Å². The van der Waals surface area contributed by atoms with Gasteiger partial charge in [0.25, 0.3) is 0 Å². The molecule has 1 aliphatic carbocycles. The highest BCUT2D eigenvalue weighted by atomic mass is 32.2. The quantitative estimate of drug-likeness (QED) is 0.881. The van der Waals surface area contributed by atoms with Crippen molar-refractivity contribution in [1.82, 2.24) is 4.72 Å². The third-order valence-corrected chi connectivity index (χ3v) is 6.30. The highest BCUT2D eigenvalue weighted by Gasteiger charge is 2.29. The molecule has 1 heterocycles. The predicted molar refractivity (Wildman–Crippen MR) is 74.2 cm³/mol. The highest BCUT2D eigenvalue weighted by molar-refractivity contribution is 7.91. The van der Waals surface area contributed by atoms with Gasteiger partial charge in [-0.3, -0.25) is 0 Å². The summed E-state index contributed by atoms with van der Waals surface area (Å²) in [6, 6.07) is 4.90. The number of nitrogens with one attached hydrogen (secondary N) is 1. The number of hydrogen-bond acceptors (Lipinski definition) is 5. The number of hydrogen-bond donors (Lipinski definition) is 2. The Bertz CT molecular complexity index is 580. The zero-order valence-electron chi connectivity index (χ0n) is 10.6. The maximum atomic E-state index is 12.1. The fourth-order valence-corrected chi connectivity index (χ4v) is 4.55. The van der Waals surface area contributed by atoms with E-state index in [4.69, 9.17) is 11.0 Å². The molecule has 0 spiro atoms. The lowest BCUT2D eigenvalue weighted by Crippen LogP contribution is -2.51. The van der Waals surface area contributed by atoms with Crippen molar-refractivity contribution in [1.29, 1.82) is 5.26 Å². The highest BCUT2D eigenvalue weighted by Crippen LogP contribution is 2.26. The molecular weight excluding hydrogens is 282 g/mol. The van der Waals surface area contributed by atoms with Crippen LogP contribution in [0.1, 0.15) is 37.0 Å². The molecule has 3 N–H and O–H groups in total. The third kappa shape index (κ3) is 3.54. The van der Waals surface area contributed by atoms with Crippen LogP contribution < -0.4 is 10.5 Å². The first-order chi connectivity index (χ1) is 8.95. The van der Waals surface area contributed by atoms with E-state index >= 15 is 0 Å². The number of nitrogens with zero attached hydrogens (tertiary/aromatic N) is 1. The van der Waals surface area contributed by atoms with E-state index in [0.717, 1.165) is 37.0 Å². The van der Waals surface area contributed by atoms with Crippen molar-refractivity contribution in [2.45, 2.75) is 41.9 Å². The van der Waals surface area contributed by atoms with Gasteiger partial charge in [-0.15, -0.1) is 11.3 Å². The fraction of sp³-hybridized carbons (Fsp3) is 0.583. The molecule has 7 heteroatoms. The van der Waals surface area contributed by atoms with Gasteiger partial charge in [-0.05, 0) is 25.0 Å². The molecule has 0 aliphatic heterocycles. The van der Waals surface area contributed by atoms with Crippen LogP contribution in [0.15, 0.2) is 16.3 Å². The monoisotopic (exact) mass is 299 g/mol. The molecule has 1 aromatic heterocycles. The molecule has 104 valence electrons. The molecule has 0 atom stereocenters. The summed E-state index contributed by atoms with van der Waals surface area (Å²) >= 11 is 0.973. The second-order valence-electron chi connectivity index (χ2n) is 4.98. The molecule has 0 aromatic carbocycles. The first-order valence-electron chi connectivity index (χ1n) is 6.24. The van der Waals surface area contributed by atoms with E-state index in [1.54, 1.807) is 0 Å². The summed E-state index contributed by atoms with van der Waals surface area (Å²) in [5.74, 6) is 0. The number of nitrogens with two attached hydrogens (primary N) is 1. The Morgan fingerprint density at radius 1 is 1.37 bits per heavy atom. The van der Waals surface area contributed by atoms with Crippen molar-refractivity contribution in [3.63, 3.8) is 0 Å². The van der Waals surface area contributed by atoms with E-state index in [-0.39, 0.29) is 10.8 Å². The Labute approximate surface area is 117 Å². The molecule has 19 heavy (non-hydrogen) atoms. The number of nitriles is 1. The van der Waals surface area contributed by atoms with E-state index in [0.29, 0.717) is 4.88 Å². The molecule has 1 fully saturated rings. The van der Waals surface area contributed by atoms with Gasteiger partial charge in [0.2, 0.25) is 10.0 Å². The van der Waals surface area contributed by atoms with Crippen molar-refractivity contribution in [3.8, 4) is 6.07 Å². The Morgan fingerprint density at radius 3 is 2.63 bits per heavy atom. The Kier molecular flexibility index (Phi) is 4.26. The van der Waals surface area contributed by atoms with Crippen LogP contribution in [-0.2, 0) is 10.0 Å². The number of sulfonamides is 1. The van der Waals surface area contributed by atoms with Gasteiger partial charge in [-0.25, -0.2) is 13.1 Å². The van der Waals surface area contributed by atoms with Gasteiger partial charge < -0.3 is 5.73 Å². The summed E-state index contributed by atoms with van der Waals surface area (Å²) in [5, 5.41) is 8.72. The smallest absolute Gasteiger partial charge is 0.250 e. The van der Waals surface area contributed by atoms with Crippen molar-refractivity contribution in [2.24, 2.45) is 5.73 Å². The van der Waals surface area contributed by atoms with Gasteiger partial charge in [-0.2, -0.15) is 5.26 Å². The average molecular weight is 299 g/mol. The second kappa shape index (κ2) is 5.59. The standard InChI is InChI=1S/C12H17N3O2S2/c13-8-10-4-5-11(18-10)19(16,17)15-9-12(14)6-2-1-3-7-12/h4-5,15H,1-3,6-7,9,14H2. The molecule has 0 amide bonds. The van der Waals surface area contributed by atoms with Crippen molar-refractivity contribution < 1.29 is 8.42 Å². The molecule has 0 bridgehead atoms. The van der Waals surface area contributed by atoms with E-state index in [1.165, 1.54) is 18.6 Å². The van der Waals surface area contributed by atoms with Crippen molar-refractivity contribution >= 4 is 21.4 Å². The van der Waals surface area contributed by atoms with Gasteiger partial charge in [0.05, 0.1) is 0 Å². The van der Waals surface area contributed by atoms with Crippen LogP contribution in [0.4, 0.5) is 0 Å². The molecule has 0 unspecified atom stereocenters. The molecule has 1 saturated carbocycles. The lowest BCUT2D eigenvalue weighted by atomic mass is 9.83. The van der Waals surface area contributed by atoms with Crippen molar-refractivity contribution in [3.05, 3.63) is 17.0 Å². The topological polar surface area (TPSA) is 96.0 Å². The fourth-order valence-electron chi connectivity index (χ4n) is 2.27. The van der Waals surface area contributed by atoms with Crippen LogP contribution in [0.3, 0.4) is 0 Å². The minimum Gasteiger partial charge on any atom is -0.324 e. The van der Waals surface area contributed by atoms with Gasteiger partial charge in [0, 0.05) is 12.1 Å². The van der Waals surface area contributed by atoms with Gasteiger partial charge in [0.15, 0.2) is 0 Å². The van der Waals surface area contributed by atoms with Gasteiger partial charge >= 0.3 is 0 Å². The molecular formula is C12H17N3O2S2. The van der Waals surface area contributed by atoms with Crippen LogP contribution in [0.2, 0.25) is 0 Å². The van der Waals surface area contributed by atoms with Crippen LogP contribution in [0.5, 0.6) is 0 Å². The molecule has 0 radical (unpaired) electrons. The summed E-state index contributed by atoms with van der Waals surface area (Å²) in [6.07, 6.45) is 4.97. The molecule has 5 nitrogen and oxygen atoms in total. The Hall–Kier alpha value is -0.940. The maximum Gasteiger partial charge on any atom is 0.250 e. The lowest BCUT2D eigenvalue weighted by Gasteiger charge is -2.33. The first-order valence-corrected chi connectivity index (χ1v) is 8.54. The Balaban J connectivity index is 2.03. The summed E-state index contributed by atoms with van der Waals surface area (Å²) in [6.45, 7) is 0.259. The van der Waals surface area contributed by atoms with Crippen LogP contribution in [0.25, 0.3) is 0 Å². The van der Waals surface area contributed by atoms with Crippen LogP contribution in [0, 0.1) is 11.3 Å². The largest absolute Gasteiger partial charge is 0.324 e. The zero-order valence-corrected chi connectivity index (χ0v) is 12.2. The van der Waals surface area contributed by atoms with E-state index in [9.17, 15) is 8.42 Å². The predicted octanol–water partition coefficient (Wildman–Crippen LogP) is 1.56. The minimum atomic E-state index is -3.55. The van der Waals surface area contributed by atoms with Gasteiger partial charge in [-0.1, -0.05) is 19.3 Å². The van der Waals surface area contributed by atoms with E-state index in [1.807, 2.05) is 6.07 Å². The van der Waals surface area contributed by atoms with Crippen molar-refractivity contribution in [2.75, 3.05) is 6.54 Å². The summed E-state index contributed by atoms with van der Waals surface area (Å²) < 4.78 is 26.9.